The number of halogens is 3. The van der Waals surface area contributed by atoms with Gasteiger partial charge in [-0.05, 0) is 37.8 Å². The number of sulfonamides is 1. The zero-order chi connectivity index (χ0) is 14.0. The number of hydrogen-bond acceptors (Lipinski definition) is 3. The maximum absolute atomic E-state index is 13.7. The monoisotopic (exact) mass is 342 g/mol. The van der Waals surface area contributed by atoms with Crippen molar-refractivity contribution in [1.29, 1.82) is 0 Å². The minimum atomic E-state index is -3.88. The van der Waals surface area contributed by atoms with Crippen LogP contribution in [0.15, 0.2) is 23.1 Å². The molecule has 0 spiro atoms. The fourth-order valence-corrected chi connectivity index (χ4v) is 3.85. The third kappa shape index (κ3) is 4.05. The predicted octanol–water partition coefficient (Wildman–Crippen LogP) is 2.45. The molecule has 3 N–H and O–H groups in total. The van der Waals surface area contributed by atoms with E-state index < -0.39 is 20.7 Å². The Hall–Kier alpha value is -0.400. The van der Waals surface area contributed by atoms with Crippen LogP contribution in [0.5, 0.6) is 0 Å². The molecule has 0 aromatic heterocycles. The molecule has 1 aliphatic rings. The van der Waals surface area contributed by atoms with Gasteiger partial charge in [0.15, 0.2) is 5.82 Å². The number of hydrogen-bond donors (Lipinski definition) is 2. The first-order chi connectivity index (χ1) is 8.90. The minimum absolute atomic E-state index is 0. The van der Waals surface area contributed by atoms with Crippen molar-refractivity contribution in [2.75, 3.05) is 0 Å². The van der Waals surface area contributed by atoms with Crippen molar-refractivity contribution >= 4 is 34.0 Å². The third-order valence-electron chi connectivity index (χ3n) is 3.30. The topological polar surface area (TPSA) is 72.2 Å². The summed E-state index contributed by atoms with van der Waals surface area (Å²) in [6, 6.07) is 3.87. The van der Waals surface area contributed by atoms with Crippen LogP contribution in [0.2, 0.25) is 5.02 Å². The first-order valence-corrected chi connectivity index (χ1v) is 7.98. The molecule has 20 heavy (non-hydrogen) atoms. The fourth-order valence-electron chi connectivity index (χ4n) is 2.21. The summed E-state index contributed by atoms with van der Waals surface area (Å²) in [6.07, 6.45) is 2.88. The van der Waals surface area contributed by atoms with E-state index in [0.717, 1.165) is 12.8 Å². The second kappa shape index (κ2) is 7.04. The molecule has 0 aliphatic heterocycles. The van der Waals surface area contributed by atoms with Gasteiger partial charge < -0.3 is 5.73 Å². The highest BCUT2D eigenvalue weighted by Gasteiger charge is 2.26. The molecule has 0 amide bonds. The molecule has 0 bridgehead atoms. The van der Waals surface area contributed by atoms with E-state index in [0.29, 0.717) is 12.8 Å². The van der Waals surface area contributed by atoms with Gasteiger partial charge in [-0.3, -0.25) is 0 Å². The standard InChI is InChI=1S/C12H16ClFN2O2S.ClH/c13-10-2-1-3-11(12(10)14)19(17,18)16-9-6-4-8(15)5-7-9;/h1-3,8-9,16H,4-7,15H2;1H. The van der Waals surface area contributed by atoms with Crippen molar-refractivity contribution in [3.63, 3.8) is 0 Å². The lowest BCUT2D eigenvalue weighted by atomic mass is 9.93. The highest BCUT2D eigenvalue weighted by atomic mass is 35.5. The van der Waals surface area contributed by atoms with E-state index in [1.54, 1.807) is 0 Å². The van der Waals surface area contributed by atoms with Gasteiger partial charge in [0.1, 0.15) is 4.90 Å². The SMILES string of the molecule is Cl.NC1CCC(NS(=O)(=O)c2cccc(Cl)c2F)CC1. The van der Waals surface area contributed by atoms with Crippen molar-refractivity contribution in [3.8, 4) is 0 Å². The van der Waals surface area contributed by atoms with Gasteiger partial charge in [-0.15, -0.1) is 12.4 Å². The van der Waals surface area contributed by atoms with Crippen molar-refractivity contribution in [2.45, 2.75) is 42.7 Å². The normalized spacial score (nSPS) is 23.1. The maximum Gasteiger partial charge on any atom is 0.243 e. The average molecular weight is 343 g/mol. The van der Waals surface area contributed by atoms with Gasteiger partial charge in [0.25, 0.3) is 0 Å². The Morgan fingerprint density at radius 3 is 2.45 bits per heavy atom. The van der Waals surface area contributed by atoms with Gasteiger partial charge in [0.05, 0.1) is 5.02 Å². The summed E-state index contributed by atoms with van der Waals surface area (Å²) in [5, 5.41) is -0.200. The Morgan fingerprint density at radius 1 is 1.25 bits per heavy atom. The van der Waals surface area contributed by atoms with Crippen LogP contribution in [0, 0.1) is 5.82 Å². The molecule has 1 saturated carbocycles. The third-order valence-corrected chi connectivity index (χ3v) is 5.13. The number of nitrogens with two attached hydrogens (primary N) is 1. The van der Waals surface area contributed by atoms with Crippen molar-refractivity contribution in [3.05, 3.63) is 29.0 Å². The largest absolute Gasteiger partial charge is 0.328 e. The minimum Gasteiger partial charge on any atom is -0.328 e. The van der Waals surface area contributed by atoms with Crippen LogP contribution in [0.4, 0.5) is 4.39 Å². The molecule has 1 aromatic rings. The van der Waals surface area contributed by atoms with E-state index in [-0.39, 0.29) is 29.5 Å². The van der Waals surface area contributed by atoms with Crippen LogP contribution in [0.1, 0.15) is 25.7 Å². The molecule has 0 unspecified atom stereocenters. The molecule has 4 nitrogen and oxygen atoms in total. The molecule has 1 fully saturated rings. The Kier molecular flexibility index (Phi) is 6.22. The van der Waals surface area contributed by atoms with E-state index in [4.69, 9.17) is 17.3 Å². The van der Waals surface area contributed by atoms with Crippen LogP contribution < -0.4 is 10.5 Å². The molecule has 1 aromatic carbocycles. The molecule has 0 heterocycles. The zero-order valence-electron chi connectivity index (χ0n) is 10.7. The second-order valence-electron chi connectivity index (χ2n) is 4.78. The summed E-state index contributed by atoms with van der Waals surface area (Å²) in [5.74, 6) is -0.913. The number of benzene rings is 1. The Labute approximate surface area is 129 Å². The van der Waals surface area contributed by atoms with Crippen molar-refractivity contribution < 1.29 is 12.8 Å². The van der Waals surface area contributed by atoms with Crippen LogP contribution in [-0.2, 0) is 10.0 Å². The number of nitrogens with one attached hydrogen (secondary N) is 1. The van der Waals surface area contributed by atoms with Crippen molar-refractivity contribution in [2.24, 2.45) is 5.73 Å². The lowest BCUT2D eigenvalue weighted by Crippen LogP contribution is -2.40. The smallest absolute Gasteiger partial charge is 0.243 e. The Balaban J connectivity index is 0.00000200. The lowest BCUT2D eigenvalue weighted by Gasteiger charge is -2.26. The summed E-state index contributed by atoms with van der Waals surface area (Å²) in [6.45, 7) is 0. The molecule has 114 valence electrons. The highest BCUT2D eigenvalue weighted by molar-refractivity contribution is 7.89. The first kappa shape index (κ1) is 17.7. The van der Waals surface area contributed by atoms with Gasteiger partial charge in [-0.2, -0.15) is 0 Å². The maximum atomic E-state index is 13.7. The summed E-state index contributed by atoms with van der Waals surface area (Å²) < 4.78 is 40.5. The van der Waals surface area contributed by atoms with E-state index in [1.165, 1.54) is 18.2 Å². The molecular weight excluding hydrogens is 326 g/mol. The molecule has 0 atom stereocenters. The van der Waals surface area contributed by atoms with E-state index in [9.17, 15) is 12.8 Å². The second-order valence-corrected chi connectivity index (χ2v) is 6.87. The lowest BCUT2D eigenvalue weighted by molar-refractivity contribution is 0.373. The molecular formula is C12H17Cl2FN2O2S. The predicted molar refractivity (Wildman–Crippen MR) is 79.2 cm³/mol. The van der Waals surface area contributed by atoms with Crippen LogP contribution >= 0.6 is 24.0 Å². The number of rotatable bonds is 3. The van der Waals surface area contributed by atoms with E-state index in [2.05, 4.69) is 4.72 Å². The van der Waals surface area contributed by atoms with Gasteiger partial charge in [0.2, 0.25) is 10.0 Å². The molecule has 1 aliphatic carbocycles. The summed E-state index contributed by atoms with van der Waals surface area (Å²) in [4.78, 5) is -0.408. The average Bonchev–Trinajstić information content (AvgIpc) is 2.35. The first-order valence-electron chi connectivity index (χ1n) is 6.12. The van der Waals surface area contributed by atoms with E-state index in [1.807, 2.05) is 0 Å². The fraction of sp³-hybridized carbons (Fsp3) is 0.500. The van der Waals surface area contributed by atoms with Crippen molar-refractivity contribution in [1.82, 2.24) is 4.72 Å². The molecule has 0 saturated heterocycles. The summed E-state index contributed by atoms with van der Waals surface area (Å²) in [5.41, 5.74) is 5.76. The van der Waals surface area contributed by atoms with Gasteiger partial charge >= 0.3 is 0 Å². The summed E-state index contributed by atoms with van der Waals surface area (Å²) in [7, 11) is -3.88. The summed E-state index contributed by atoms with van der Waals surface area (Å²) >= 11 is 5.60. The van der Waals surface area contributed by atoms with Gasteiger partial charge in [0, 0.05) is 12.1 Å². The van der Waals surface area contributed by atoms with Gasteiger partial charge in [-0.1, -0.05) is 17.7 Å². The van der Waals surface area contributed by atoms with Crippen LogP contribution in [-0.4, -0.2) is 20.5 Å². The van der Waals surface area contributed by atoms with Crippen LogP contribution in [0.25, 0.3) is 0 Å². The zero-order valence-corrected chi connectivity index (χ0v) is 13.1. The van der Waals surface area contributed by atoms with E-state index >= 15 is 0 Å². The molecule has 0 radical (unpaired) electrons. The molecule has 8 heteroatoms. The Morgan fingerprint density at radius 2 is 1.85 bits per heavy atom. The highest BCUT2D eigenvalue weighted by Crippen LogP contribution is 2.24. The Bertz CT molecular complexity index is 561. The van der Waals surface area contributed by atoms with Gasteiger partial charge in [-0.25, -0.2) is 17.5 Å². The molecule has 2 rings (SSSR count). The quantitative estimate of drug-likeness (QED) is 0.886. The van der Waals surface area contributed by atoms with Crippen LogP contribution in [0.3, 0.4) is 0 Å².